The molecule has 5 heteroatoms. The van der Waals surface area contributed by atoms with Crippen molar-refractivity contribution in [1.29, 1.82) is 0 Å². The molecule has 0 saturated carbocycles. The molecular formula is C16H22N2O3. The summed E-state index contributed by atoms with van der Waals surface area (Å²) in [4.78, 5) is 10.5. The van der Waals surface area contributed by atoms with Crippen LogP contribution in [-0.2, 0) is 6.54 Å². The fourth-order valence-corrected chi connectivity index (χ4v) is 1.79. The molecule has 0 atom stereocenters. The second kappa shape index (κ2) is 8.98. The summed E-state index contributed by atoms with van der Waals surface area (Å²) in [5.74, 6) is 6.93. The van der Waals surface area contributed by atoms with Crippen LogP contribution >= 0.6 is 0 Å². The molecule has 21 heavy (non-hydrogen) atoms. The predicted octanol–water partition coefficient (Wildman–Crippen LogP) is 3.13. The largest absolute Gasteiger partial charge is 0.492 e. The molecule has 114 valence electrons. The van der Waals surface area contributed by atoms with Gasteiger partial charge in [0, 0.05) is 30.7 Å². The zero-order valence-electron chi connectivity index (χ0n) is 12.8. The number of rotatable bonds is 8. The highest BCUT2D eigenvalue weighted by atomic mass is 16.6. The highest BCUT2D eigenvalue weighted by Gasteiger charge is 2.11. The minimum atomic E-state index is -0.391. The van der Waals surface area contributed by atoms with E-state index in [2.05, 4.69) is 31.0 Å². The van der Waals surface area contributed by atoms with Gasteiger partial charge in [0.05, 0.1) is 11.5 Å². The van der Waals surface area contributed by atoms with Gasteiger partial charge >= 0.3 is 0 Å². The summed E-state index contributed by atoms with van der Waals surface area (Å²) >= 11 is 0. The van der Waals surface area contributed by atoms with Gasteiger partial charge in [-0.3, -0.25) is 10.1 Å². The van der Waals surface area contributed by atoms with Crippen LogP contribution in [0, 0.1) is 27.9 Å². The Labute approximate surface area is 125 Å². The predicted molar refractivity (Wildman–Crippen MR) is 83.2 cm³/mol. The average molecular weight is 290 g/mol. The number of ether oxygens (including phenoxy) is 1. The van der Waals surface area contributed by atoms with E-state index >= 15 is 0 Å². The summed E-state index contributed by atoms with van der Waals surface area (Å²) < 4.78 is 5.67. The van der Waals surface area contributed by atoms with E-state index in [1.54, 1.807) is 19.1 Å². The summed E-state index contributed by atoms with van der Waals surface area (Å²) in [7, 11) is 0. The van der Waals surface area contributed by atoms with Crippen LogP contribution < -0.4 is 10.1 Å². The van der Waals surface area contributed by atoms with Gasteiger partial charge in [0.1, 0.15) is 5.75 Å². The maximum absolute atomic E-state index is 10.9. The number of nitrogens with one attached hydrogen (secondary N) is 1. The second-order valence-corrected chi connectivity index (χ2v) is 5.10. The Morgan fingerprint density at radius 1 is 1.43 bits per heavy atom. The van der Waals surface area contributed by atoms with E-state index in [-0.39, 0.29) is 5.69 Å². The topological polar surface area (TPSA) is 64.4 Å². The van der Waals surface area contributed by atoms with Crippen molar-refractivity contribution in [3.8, 4) is 17.6 Å². The molecule has 0 aliphatic carbocycles. The van der Waals surface area contributed by atoms with Crippen LogP contribution in [0.25, 0.3) is 0 Å². The molecule has 1 aromatic rings. The second-order valence-electron chi connectivity index (χ2n) is 5.10. The summed E-state index contributed by atoms with van der Waals surface area (Å²) in [6.45, 7) is 7.89. The molecule has 0 aliphatic heterocycles. The first-order valence-corrected chi connectivity index (χ1v) is 7.05. The zero-order chi connectivity index (χ0) is 15.7. The quantitative estimate of drug-likeness (QED) is 0.346. The Bertz CT molecular complexity index is 530. The molecule has 0 aromatic heterocycles. The van der Waals surface area contributed by atoms with Gasteiger partial charge in [-0.2, -0.15) is 0 Å². The molecule has 0 spiro atoms. The number of hydrogen-bond donors (Lipinski definition) is 1. The third-order valence-electron chi connectivity index (χ3n) is 2.78. The minimum absolute atomic E-state index is 0.0806. The summed E-state index contributed by atoms with van der Waals surface area (Å²) in [5.41, 5.74) is 0.881. The molecule has 1 N–H and O–H groups in total. The van der Waals surface area contributed by atoms with Gasteiger partial charge in [-0.15, -0.1) is 11.8 Å². The van der Waals surface area contributed by atoms with Gasteiger partial charge in [0.25, 0.3) is 5.69 Å². The minimum Gasteiger partial charge on any atom is -0.492 e. The first kappa shape index (κ1) is 17.0. The number of benzene rings is 1. The lowest BCUT2D eigenvalue weighted by Crippen LogP contribution is -2.19. The molecule has 0 fully saturated rings. The Balaban J connectivity index is 2.77. The molecule has 0 bridgehead atoms. The lowest BCUT2D eigenvalue weighted by atomic mass is 10.1. The summed E-state index contributed by atoms with van der Waals surface area (Å²) in [5, 5.41) is 14.2. The molecule has 1 rings (SSSR count). The maximum Gasteiger partial charge on any atom is 0.270 e. The van der Waals surface area contributed by atoms with E-state index in [1.807, 2.05) is 0 Å². The van der Waals surface area contributed by atoms with Gasteiger partial charge in [-0.05, 0) is 25.5 Å². The number of nitro benzene ring substituents is 1. The van der Waals surface area contributed by atoms with Crippen LogP contribution in [0.3, 0.4) is 0 Å². The van der Waals surface area contributed by atoms with E-state index in [4.69, 9.17) is 4.74 Å². The van der Waals surface area contributed by atoms with Crippen molar-refractivity contribution in [2.45, 2.75) is 33.7 Å². The van der Waals surface area contributed by atoms with Gasteiger partial charge in [0.15, 0.2) is 0 Å². The number of hydrogen-bond acceptors (Lipinski definition) is 4. The molecular weight excluding hydrogens is 268 g/mol. The van der Waals surface area contributed by atoms with Crippen LogP contribution in [-0.4, -0.2) is 18.1 Å². The average Bonchev–Trinajstić information content (AvgIpc) is 2.44. The Morgan fingerprint density at radius 2 is 2.19 bits per heavy atom. The van der Waals surface area contributed by atoms with Crippen molar-refractivity contribution in [3.05, 3.63) is 33.9 Å². The van der Waals surface area contributed by atoms with Crippen LogP contribution in [0.4, 0.5) is 5.69 Å². The Morgan fingerprint density at radius 3 is 2.81 bits per heavy atom. The summed E-state index contributed by atoms with van der Waals surface area (Å²) in [6, 6.07) is 4.69. The highest BCUT2D eigenvalue weighted by Crippen LogP contribution is 2.24. The molecule has 0 saturated heterocycles. The molecule has 5 nitrogen and oxygen atoms in total. The maximum atomic E-state index is 10.9. The van der Waals surface area contributed by atoms with Gasteiger partial charge in [-0.1, -0.05) is 13.8 Å². The van der Waals surface area contributed by atoms with Crippen LogP contribution in [0.5, 0.6) is 5.75 Å². The highest BCUT2D eigenvalue weighted by molar-refractivity contribution is 5.43. The first-order valence-electron chi connectivity index (χ1n) is 7.05. The lowest BCUT2D eigenvalue weighted by molar-refractivity contribution is -0.384. The normalized spacial score (nSPS) is 10.1. The van der Waals surface area contributed by atoms with Crippen molar-refractivity contribution >= 4 is 5.69 Å². The smallest absolute Gasteiger partial charge is 0.270 e. The van der Waals surface area contributed by atoms with Crippen LogP contribution in [0.1, 0.15) is 32.8 Å². The molecule has 0 unspecified atom stereocenters. The Hall–Kier alpha value is -2.06. The number of nitrogens with zero attached hydrogens (tertiary/aromatic N) is 1. The molecule has 0 aliphatic rings. The summed E-state index contributed by atoms with van der Waals surface area (Å²) in [6.07, 6.45) is 0.645. The lowest BCUT2D eigenvalue weighted by Gasteiger charge is -2.12. The van der Waals surface area contributed by atoms with E-state index in [0.29, 0.717) is 31.2 Å². The number of nitro groups is 1. The molecule has 0 radical (unpaired) electrons. The van der Waals surface area contributed by atoms with E-state index < -0.39 is 4.92 Å². The molecule has 0 amide bonds. The number of non-ortho nitro benzene ring substituents is 1. The third-order valence-corrected chi connectivity index (χ3v) is 2.78. The van der Waals surface area contributed by atoms with Gasteiger partial charge in [0.2, 0.25) is 0 Å². The fourth-order valence-electron chi connectivity index (χ4n) is 1.79. The van der Waals surface area contributed by atoms with Gasteiger partial charge < -0.3 is 10.1 Å². The zero-order valence-corrected chi connectivity index (χ0v) is 12.8. The van der Waals surface area contributed by atoms with E-state index in [0.717, 1.165) is 12.1 Å². The van der Waals surface area contributed by atoms with Crippen LogP contribution in [0.15, 0.2) is 18.2 Å². The SMILES string of the molecule is CC#CCCOc1ccc([N+](=O)[O-])cc1CNCC(C)C. The van der Waals surface area contributed by atoms with Crippen molar-refractivity contribution in [3.63, 3.8) is 0 Å². The van der Waals surface area contributed by atoms with Crippen molar-refractivity contribution < 1.29 is 9.66 Å². The van der Waals surface area contributed by atoms with E-state index in [9.17, 15) is 10.1 Å². The van der Waals surface area contributed by atoms with Gasteiger partial charge in [-0.25, -0.2) is 0 Å². The standard InChI is InChI=1S/C16H22N2O3/c1-4-5-6-9-21-16-8-7-15(18(19)20)10-14(16)12-17-11-13(2)3/h7-8,10,13,17H,6,9,11-12H2,1-3H3. The molecule has 1 aromatic carbocycles. The van der Waals surface area contributed by atoms with Crippen molar-refractivity contribution in [1.82, 2.24) is 5.32 Å². The van der Waals surface area contributed by atoms with Crippen molar-refractivity contribution in [2.24, 2.45) is 5.92 Å². The van der Waals surface area contributed by atoms with Crippen molar-refractivity contribution in [2.75, 3.05) is 13.2 Å². The van der Waals surface area contributed by atoms with E-state index in [1.165, 1.54) is 6.07 Å². The third kappa shape index (κ3) is 6.28. The molecule has 0 heterocycles. The monoisotopic (exact) mass is 290 g/mol. The van der Waals surface area contributed by atoms with Crippen LogP contribution in [0.2, 0.25) is 0 Å². The first-order chi connectivity index (χ1) is 10.0. The fraction of sp³-hybridized carbons (Fsp3) is 0.500. The Kier molecular flexibility index (Phi) is 7.27.